The van der Waals surface area contributed by atoms with Crippen LogP contribution < -0.4 is 29.6 Å². The first kappa shape index (κ1) is 13.7. The van der Waals surface area contributed by atoms with Gasteiger partial charge in [0.2, 0.25) is 0 Å². The molecule has 0 amide bonds. The maximum absolute atomic E-state index is 9.08. The zero-order valence-electron chi connectivity index (χ0n) is 6.31. The van der Waals surface area contributed by atoms with Gasteiger partial charge in [0.15, 0.2) is 0 Å². The Morgan fingerprint density at radius 2 is 2.00 bits per heavy atom. The van der Waals surface area contributed by atoms with Crippen molar-refractivity contribution in [2.24, 2.45) is 0 Å². The van der Waals surface area contributed by atoms with Crippen LogP contribution in [0.15, 0.2) is 18.5 Å². The summed E-state index contributed by atoms with van der Waals surface area (Å²) < 4.78 is 27.2. The molecule has 1 heterocycles. The van der Waals surface area contributed by atoms with Crippen LogP contribution >= 0.6 is 0 Å². The third kappa shape index (κ3) is 25.5. The van der Waals surface area contributed by atoms with Crippen molar-refractivity contribution in [2.45, 2.75) is 0 Å². The van der Waals surface area contributed by atoms with Gasteiger partial charge in [0.05, 0.1) is 10.1 Å². The fraction of sp³-hybridized carbons (Fsp3) is 0.250. The summed E-state index contributed by atoms with van der Waals surface area (Å²) in [5.41, 5.74) is 0. The van der Waals surface area contributed by atoms with Crippen molar-refractivity contribution in [1.29, 1.82) is 0 Å². The minimum absolute atomic E-state index is 0. The first-order chi connectivity index (χ1) is 4.50. The predicted molar refractivity (Wildman–Crippen MR) is 34.2 cm³/mol. The minimum Gasteiger partial charge on any atom is -0.748 e. The topological polar surface area (TPSA) is 85.9 Å². The maximum atomic E-state index is 9.08. The van der Waals surface area contributed by atoms with Crippen molar-refractivity contribution in [3.05, 3.63) is 18.5 Å². The molecule has 5 nitrogen and oxygen atoms in total. The SMILES string of the molecule is CS(=O)(=O)[O-].[Na+].c1cn[nH]c1. The van der Waals surface area contributed by atoms with Crippen LogP contribution in [0.25, 0.3) is 0 Å². The van der Waals surface area contributed by atoms with Crippen LogP contribution in [0.5, 0.6) is 0 Å². The minimum atomic E-state index is -3.92. The van der Waals surface area contributed by atoms with Gasteiger partial charge in [0.25, 0.3) is 0 Å². The molecule has 0 aromatic carbocycles. The second kappa shape index (κ2) is 6.81. The van der Waals surface area contributed by atoms with E-state index >= 15 is 0 Å². The van der Waals surface area contributed by atoms with Gasteiger partial charge < -0.3 is 4.55 Å². The number of hydrogen-bond acceptors (Lipinski definition) is 4. The normalized spacial score (nSPS) is 8.91. The average molecular weight is 186 g/mol. The Labute approximate surface area is 87.2 Å². The monoisotopic (exact) mass is 186 g/mol. The summed E-state index contributed by atoms with van der Waals surface area (Å²) in [4.78, 5) is 0. The Bertz CT molecular complexity index is 219. The number of aromatic nitrogens is 2. The molecule has 0 saturated carbocycles. The van der Waals surface area contributed by atoms with Gasteiger partial charge in [-0.15, -0.1) is 0 Å². The van der Waals surface area contributed by atoms with Crippen LogP contribution in [0.4, 0.5) is 0 Å². The van der Waals surface area contributed by atoms with E-state index in [-0.39, 0.29) is 29.6 Å². The first-order valence-corrected chi connectivity index (χ1v) is 4.16. The van der Waals surface area contributed by atoms with Crippen molar-refractivity contribution in [1.82, 2.24) is 10.2 Å². The van der Waals surface area contributed by atoms with Gasteiger partial charge in [-0.3, -0.25) is 5.10 Å². The molecule has 58 valence electrons. The number of aromatic amines is 1. The molecule has 0 atom stereocenters. The zero-order chi connectivity index (χ0) is 8.04. The summed E-state index contributed by atoms with van der Waals surface area (Å²) in [5, 5.41) is 6.21. The van der Waals surface area contributed by atoms with Gasteiger partial charge in [-0.25, -0.2) is 8.42 Å². The van der Waals surface area contributed by atoms with Gasteiger partial charge in [-0.1, -0.05) is 0 Å². The third-order valence-electron chi connectivity index (χ3n) is 0.406. The molecule has 1 N–H and O–H groups in total. The largest absolute Gasteiger partial charge is 1.00 e. The standard InChI is InChI=1S/C3H4N2.CH4O3S.Na/c1-2-4-5-3-1;1-5(2,3)4;/h1-3H,(H,4,5);1H3,(H,2,3,4);/q;;+1/p-1. The summed E-state index contributed by atoms with van der Waals surface area (Å²) in [7, 11) is -3.92. The van der Waals surface area contributed by atoms with Gasteiger partial charge in [-0.05, 0) is 6.07 Å². The molecule has 7 heteroatoms. The van der Waals surface area contributed by atoms with Crippen LogP contribution in [-0.2, 0) is 10.1 Å². The number of nitrogens with zero attached hydrogens (tertiary/aromatic N) is 1. The van der Waals surface area contributed by atoms with Gasteiger partial charge in [0.1, 0.15) is 0 Å². The summed E-state index contributed by atoms with van der Waals surface area (Å²) in [5.74, 6) is 0. The fourth-order valence-corrected chi connectivity index (χ4v) is 0.215. The van der Waals surface area contributed by atoms with Crippen molar-refractivity contribution in [3.63, 3.8) is 0 Å². The van der Waals surface area contributed by atoms with E-state index in [2.05, 4.69) is 10.2 Å². The molecule has 0 spiro atoms. The Balaban J connectivity index is 0. The molecule has 0 unspecified atom stereocenters. The molecular formula is C4H7N2NaO3S. The van der Waals surface area contributed by atoms with Crippen LogP contribution in [0.1, 0.15) is 0 Å². The molecule has 0 aliphatic rings. The number of hydrogen-bond donors (Lipinski definition) is 1. The van der Waals surface area contributed by atoms with Crippen LogP contribution in [0.3, 0.4) is 0 Å². The Kier molecular flexibility index (Phi) is 8.47. The van der Waals surface area contributed by atoms with E-state index in [1.807, 2.05) is 6.07 Å². The van der Waals surface area contributed by atoms with Gasteiger partial charge in [0, 0.05) is 18.6 Å². The smallest absolute Gasteiger partial charge is 0.748 e. The van der Waals surface area contributed by atoms with E-state index in [1.54, 1.807) is 12.4 Å². The molecule has 0 fully saturated rings. The summed E-state index contributed by atoms with van der Waals surface area (Å²) in [6.45, 7) is 0. The number of nitrogens with one attached hydrogen (secondary N) is 1. The van der Waals surface area contributed by atoms with E-state index in [0.717, 1.165) is 0 Å². The molecule has 0 radical (unpaired) electrons. The molecule has 11 heavy (non-hydrogen) atoms. The van der Waals surface area contributed by atoms with Crippen molar-refractivity contribution >= 4 is 10.1 Å². The molecular weight excluding hydrogens is 179 g/mol. The first-order valence-electron chi connectivity index (χ1n) is 2.35. The van der Waals surface area contributed by atoms with Crippen molar-refractivity contribution < 1.29 is 42.5 Å². The Hall–Kier alpha value is 0.120. The van der Waals surface area contributed by atoms with E-state index in [1.165, 1.54) is 0 Å². The second-order valence-corrected chi connectivity index (χ2v) is 2.88. The third-order valence-corrected chi connectivity index (χ3v) is 0.406. The van der Waals surface area contributed by atoms with Crippen molar-refractivity contribution in [2.75, 3.05) is 6.26 Å². The van der Waals surface area contributed by atoms with Crippen molar-refractivity contribution in [3.8, 4) is 0 Å². The zero-order valence-corrected chi connectivity index (χ0v) is 9.13. The summed E-state index contributed by atoms with van der Waals surface area (Å²) >= 11 is 0. The van der Waals surface area contributed by atoms with Crippen LogP contribution in [0.2, 0.25) is 0 Å². The van der Waals surface area contributed by atoms with E-state index < -0.39 is 10.1 Å². The second-order valence-electron chi connectivity index (χ2n) is 1.47. The number of rotatable bonds is 0. The molecule has 0 aliphatic carbocycles. The summed E-state index contributed by atoms with van der Waals surface area (Å²) in [6, 6.07) is 1.83. The predicted octanol–water partition coefficient (Wildman–Crippen LogP) is -3.42. The number of H-pyrrole nitrogens is 1. The molecule has 0 bridgehead atoms. The van der Waals surface area contributed by atoms with Crippen LogP contribution in [-0.4, -0.2) is 29.4 Å². The fourth-order valence-electron chi connectivity index (χ4n) is 0.215. The van der Waals surface area contributed by atoms with E-state index in [4.69, 9.17) is 13.0 Å². The van der Waals surface area contributed by atoms with E-state index in [0.29, 0.717) is 6.26 Å². The molecule has 0 aliphatic heterocycles. The van der Waals surface area contributed by atoms with Gasteiger partial charge >= 0.3 is 29.6 Å². The summed E-state index contributed by atoms with van der Waals surface area (Å²) in [6.07, 6.45) is 4.06. The molecule has 1 aromatic heterocycles. The maximum Gasteiger partial charge on any atom is 1.00 e. The molecule has 0 saturated heterocycles. The average Bonchev–Trinajstić information content (AvgIpc) is 2.07. The Morgan fingerprint density at radius 3 is 2.09 bits per heavy atom. The van der Waals surface area contributed by atoms with Crippen LogP contribution in [0, 0.1) is 0 Å². The Morgan fingerprint density at radius 1 is 1.55 bits per heavy atom. The molecule has 1 aromatic rings. The molecule has 1 rings (SSSR count). The van der Waals surface area contributed by atoms with Gasteiger partial charge in [-0.2, -0.15) is 5.10 Å². The quantitative estimate of drug-likeness (QED) is 0.337. The van der Waals surface area contributed by atoms with E-state index in [9.17, 15) is 0 Å².